The minimum Gasteiger partial charge on any atom is -0.488 e. The van der Waals surface area contributed by atoms with E-state index in [0.717, 1.165) is 4.88 Å². The summed E-state index contributed by atoms with van der Waals surface area (Å²) in [4.78, 5) is 23.7. The largest absolute Gasteiger partial charge is 0.488 e. The van der Waals surface area contributed by atoms with Gasteiger partial charge in [0.15, 0.2) is 0 Å². The molecule has 5 N–H and O–H groups in total. The molecular weight excluding hydrogens is 278 g/mol. The third-order valence-electron chi connectivity index (χ3n) is 2.52. The van der Waals surface area contributed by atoms with Crippen molar-refractivity contribution in [3.63, 3.8) is 0 Å². The molecule has 1 aromatic carbocycles. The number of benzene rings is 1. The predicted molar refractivity (Wildman–Crippen MR) is 75.3 cm³/mol. The highest BCUT2D eigenvalue weighted by Crippen LogP contribution is 2.20. The highest BCUT2D eigenvalue weighted by atomic mass is 32.1. The van der Waals surface area contributed by atoms with Crippen molar-refractivity contribution in [3.05, 3.63) is 51.7 Å². The van der Waals surface area contributed by atoms with Crippen LogP contribution in [-0.4, -0.2) is 11.8 Å². The van der Waals surface area contributed by atoms with Gasteiger partial charge in [-0.25, -0.2) is 5.84 Å². The van der Waals surface area contributed by atoms with Crippen LogP contribution in [0.4, 0.5) is 0 Å². The number of carbonyl (C=O) groups is 2. The van der Waals surface area contributed by atoms with Crippen LogP contribution in [-0.2, 0) is 6.61 Å². The lowest BCUT2D eigenvalue weighted by molar-refractivity contribution is 0.0956. The summed E-state index contributed by atoms with van der Waals surface area (Å²) >= 11 is 1.29. The highest BCUT2D eigenvalue weighted by molar-refractivity contribution is 7.14. The van der Waals surface area contributed by atoms with E-state index in [0.29, 0.717) is 22.8 Å². The van der Waals surface area contributed by atoms with Crippen molar-refractivity contribution in [3.8, 4) is 5.75 Å². The molecule has 0 radical (unpaired) electrons. The summed E-state index contributed by atoms with van der Waals surface area (Å²) in [6.07, 6.45) is 0. The quantitative estimate of drug-likeness (QED) is 0.434. The van der Waals surface area contributed by atoms with Crippen molar-refractivity contribution < 1.29 is 14.3 Å². The van der Waals surface area contributed by atoms with Crippen LogP contribution in [0.15, 0.2) is 36.4 Å². The van der Waals surface area contributed by atoms with E-state index in [1.165, 1.54) is 11.3 Å². The third kappa shape index (κ3) is 3.34. The van der Waals surface area contributed by atoms with E-state index in [2.05, 4.69) is 5.43 Å². The molecule has 1 aromatic heterocycles. The number of primary amides is 1. The highest BCUT2D eigenvalue weighted by Gasteiger charge is 2.08. The van der Waals surface area contributed by atoms with Crippen molar-refractivity contribution in [2.24, 2.45) is 11.6 Å². The molecule has 1 heterocycles. The van der Waals surface area contributed by atoms with Crippen LogP contribution in [0.5, 0.6) is 5.75 Å². The average Bonchev–Trinajstić information content (AvgIpc) is 2.93. The summed E-state index contributed by atoms with van der Waals surface area (Å²) in [6, 6.07) is 10.1. The van der Waals surface area contributed by atoms with E-state index >= 15 is 0 Å². The number of hydrogen-bond donors (Lipinski definition) is 3. The van der Waals surface area contributed by atoms with Gasteiger partial charge in [0, 0.05) is 10.4 Å². The predicted octanol–water partition coefficient (Wildman–Crippen LogP) is 1.03. The van der Waals surface area contributed by atoms with Gasteiger partial charge in [0.2, 0.25) is 5.91 Å². The second-order valence-corrected chi connectivity index (χ2v) is 5.09. The Morgan fingerprint density at radius 1 is 1.25 bits per heavy atom. The van der Waals surface area contributed by atoms with E-state index in [-0.39, 0.29) is 5.91 Å². The molecule has 6 nitrogen and oxygen atoms in total. The number of thiophene rings is 1. The molecule has 2 aromatic rings. The van der Waals surface area contributed by atoms with Gasteiger partial charge in [-0.1, -0.05) is 6.07 Å². The van der Waals surface area contributed by atoms with Gasteiger partial charge < -0.3 is 10.5 Å². The minimum absolute atomic E-state index is 0.296. The van der Waals surface area contributed by atoms with E-state index in [9.17, 15) is 9.59 Å². The maximum Gasteiger partial charge on any atom is 0.275 e. The Hall–Kier alpha value is -2.38. The average molecular weight is 291 g/mol. The number of nitrogen functional groups attached to an aromatic ring is 1. The van der Waals surface area contributed by atoms with Gasteiger partial charge in [-0.3, -0.25) is 15.0 Å². The van der Waals surface area contributed by atoms with Crippen LogP contribution in [0.2, 0.25) is 0 Å². The third-order valence-corrected chi connectivity index (χ3v) is 3.57. The summed E-state index contributed by atoms with van der Waals surface area (Å²) in [5.41, 5.74) is 7.65. The van der Waals surface area contributed by atoms with Crippen LogP contribution in [0.1, 0.15) is 24.9 Å². The molecule has 0 spiro atoms. The van der Waals surface area contributed by atoms with E-state index in [4.69, 9.17) is 16.3 Å². The number of amides is 2. The maximum atomic E-state index is 11.3. The minimum atomic E-state index is -0.506. The van der Waals surface area contributed by atoms with Gasteiger partial charge >= 0.3 is 0 Å². The normalized spacial score (nSPS) is 10.1. The van der Waals surface area contributed by atoms with Crippen molar-refractivity contribution in [2.45, 2.75) is 6.61 Å². The Balaban J connectivity index is 2.01. The summed E-state index contributed by atoms with van der Waals surface area (Å²) in [6.45, 7) is 0.296. The van der Waals surface area contributed by atoms with Crippen LogP contribution in [0, 0.1) is 0 Å². The first kappa shape index (κ1) is 14.0. The molecule has 0 aliphatic heterocycles. The van der Waals surface area contributed by atoms with Gasteiger partial charge in [-0.05, 0) is 30.3 Å². The standard InChI is InChI=1S/C13H13N3O3S/c14-12(17)8-2-1-3-9(6-8)19-7-10-4-5-11(20-10)13(18)16-15/h1-6H,7,15H2,(H2,14,17)(H,16,18). The van der Waals surface area contributed by atoms with Crippen LogP contribution in [0.25, 0.3) is 0 Å². The van der Waals surface area contributed by atoms with Crippen molar-refractivity contribution >= 4 is 23.2 Å². The van der Waals surface area contributed by atoms with Gasteiger partial charge in [0.1, 0.15) is 12.4 Å². The second-order valence-electron chi connectivity index (χ2n) is 3.92. The lowest BCUT2D eigenvalue weighted by Gasteiger charge is -2.05. The lowest BCUT2D eigenvalue weighted by Crippen LogP contribution is -2.29. The topological polar surface area (TPSA) is 107 Å². The second kappa shape index (κ2) is 6.18. The van der Waals surface area contributed by atoms with Gasteiger partial charge in [0.05, 0.1) is 4.88 Å². The zero-order valence-electron chi connectivity index (χ0n) is 10.5. The maximum absolute atomic E-state index is 11.3. The van der Waals surface area contributed by atoms with Crippen molar-refractivity contribution in [2.75, 3.05) is 0 Å². The fourth-order valence-electron chi connectivity index (χ4n) is 1.54. The molecule has 104 valence electrons. The zero-order chi connectivity index (χ0) is 14.5. The molecule has 7 heteroatoms. The monoisotopic (exact) mass is 291 g/mol. The molecule has 0 aliphatic rings. The van der Waals surface area contributed by atoms with Gasteiger partial charge in [0.25, 0.3) is 5.91 Å². The first-order chi connectivity index (χ1) is 9.60. The summed E-state index contributed by atoms with van der Waals surface area (Å²) < 4.78 is 5.55. The molecule has 0 fully saturated rings. The SMILES string of the molecule is NNC(=O)c1ccc(COc2cccc(C(N)=O)c2)s1. The molecule has 0 saturated carbocycles. The van der Waals surface area contributed by atoms with Gasteiger partial charge in [-0.15, -0.1) is 11.3 Å². The Labute approximate surface area is 119 Å². The Kier molecular flexibility index (Phi) is 4.34. The lowest BCUT2D eigenvalue weighted by atomic mass is 10.2. The zero-order valence-corrected chi connectivity index (χ0v) is 11.3. The van der Waals surface area contributed by atoms with E-state index in [1.54, 1.807) is 36.4 Å². The first-order valence-electron chi connectivity index (χ1n) is 5.72. The van der Waals surface area contributed by atoms with Crippen molar-refractivity contribution in [1.82, 2.24) is 5.43 Å². The molecular formula is C13H13N3O3S. The number of hydrogen-bond acceptors (Lipinski definition) is 5. The van der Waals surface area contributed by atoms with Gasteiger partial charge in [-0.2, -0.15) is 0 Å². The molecule has 0 atom stereocenters. The number of nitrogens with two attached hydrogens (primary N) is 2. The Morgan fingerprint density at radius 3 is 2.75 bits per heavy atom. The Morgan fingerprint density at radius 2 is 2.05 bits per heavy atom. The number of carbonyl (C=O) groups excluding carboxylic acids is 2. The van der Waals surface area contributed by atoms with Crippen LogP contribution < -0.4 is 21.7 Å². The van der Waals surface area contributed by atoms with E-state index in [1.807, 2.05) is 0 Å². The molecule has 0 saturated heterocycles. The molecule has 2 rings (SSSR count). The summed E-state index contributed by atoms with van der Waals surface area (Å²) in [7, 11) is 0. The smallest absolute Gasteiger partial charge is 0.275 e. The summed E-state index contributed by atoms with van der Waals surface area (Å²) in [5.74, 6) is 4.75. The first-order valence-corrected chi connectivity index (χ1v) is 6.54. The number of ether oxygens (including phenoxy) is 1. The molecule has 0 unspecified atom stereocenters. The Bertz CT molecular complexity index is 639. The molecule has 2 amide bonds. The van der Waals surface area contributed by atoms with Crippen LogP contribution in [0.3, 0.4) is 0 Å². The molecule has 0 bridgehead atoms. The number of hydrazine groups is 1. The number of rotatable bonds is 5. The fourth-order valence-corrected chi connectivity index (χ4v) is 2.37. The van der Waals surface area contributed by atoms with Crippen LogP contribution >= 0.6 is 11.3 Å². The van der Waals surface area contributed by atoms with E-state index < -0.39 is 5.91 Å². The molecule has 0 aliphatic carbocycles. The molecule has 20 heavy (non-hydrogen) atoms. The summed E-state index contributed by atoms with van der Waals surface area (Å²) in [5, 5.41) is 0. The fraction of sp³-hybridized carbons (Fsp3) is 0.0769. The number of nitrogens with one attached hydrogen (secondary N) is 1. The van der Waals surface area contributed by atoms with Crippen molar-refractivity contribution in [1.29, 1.82) is 0 Å².